The van der Waals surface area contributed by atoms with Gasteiger partial charge in [0.2, 0.25) is 0 Å². The summed E-state index contributed by atoms with van der Waals surface area (Å²) in [6.45, 7) is 22.2. The van der Waals surface area contributed by atoms with Crippen LogP contribution in [-0.4, -0.2) is 36.9 Å². The van der Waals surface area contributed by atoms with Crippen molar-refractivity contribution < 1.29 is 19.1 Å². The zero-order valence-electron chi connectivity index (χ0n) is 30.7. The van der Waals surface area contributed by atoms with Gasteiger partial charge in [0, 0.05) is 30.0 Å². The van der Waals surface area contributed by atoms with Gasteiger partial charge in [-0.15, -0.1) is 0 Å². The molecule has 0 saturated heterocycles. The van der Waals surface area contributed by atoms with E-state index in [0.29, 0.717) is 41.8 Å². The van der Waals surface area contributed by atoms with Crippen molar-refractivity contribution in [2.24, 2.45) is 62.2 Å². The summed E-state index contributed by atoms with van der Waals surface area (Å²) in [6.07, 6.45) is 12.6. The molecule has 0 spiro atoms. The van der Waals surface area contributed by atoms with Gasteiger partial charge >= 0.3 is 5.97 Å². The van der Waals surface area contributed by atoms with Gasteiger partial charge in [-0.1, -0.05) is 67.9 Å². The topological polar surface area (TPSA) is 72.8 Å². The Morgan fingerprint density at radius 1 is 1.09 bits per heavy atom. The Morgan fingerprint density at radius 2 is 1.78 bits per heavy atom. The van der Waals surface area contributed by atoms with Crippen molar-refractivity contribution in [1.29, 1.82) is 0 Å². The van der Waals surface area contributed by atoms with Crippen LogP contribution < -0.4 is 0 Å². The van der Waals surface area contributed by atoms with Crippen LogP contribution in [0.1, 0.15) is 146 Å². The van der Waals surface area contributed by atoms with E-state index >= 15 is 0 Å². The van der Waals surface area contributed by atoms with Gasteiger partial charge in [-0.3, -0.25) is 14.6 Å². The first-order chi connectivity index (χ1) is 21.0. The Bertz CT molecular complexity index is 1200. The van der Waals surface area contributed by atoms with E-state index in [-0.39, 0.29) is 40.7 Å². The number of nitrogens with zero attached hydrogens (tertiary/aromatic N) is 1. The van der Waals surface area contributed by atoms with Gasteiger partial charge in [-0.2, -0.15) is 0 Å². The van der Waals surface area contributed by atoms with E-state index in [2.05, 4.69) is 48.5 Å². The molecule has 5 heteroatoms. The van der Waals surface area contributed by atoms with E-state index in [4.69, 9.17) is 9.73 Å². The van der Waals surface area contributed by atoms with E-state index in [0.717, 1.165) is 38.4 Å². The highest BCUT2D eigenvalue weighted by molar-refractivity contribution is 6.02. The molecule has 9 atom stereocenters. The van der Waals surface area contributed by atoms with Gasteiger partial charge in [-0.25, -0.2) is 0 Å². The van der Waals surface area contributed by atoms with Crippen molar-refractivity contribution >= 4 is 23.8 Å². The average molecular weight is 624 g/mol. The Kier molecular flexibility index (Phi) is 10.7. The quantitative estimate of drug-likeness (QED) is 0.123. The number of ketones is 1. The summed E-state index contributed by atoms with van der Waals surface area (Å²) in [5.74, 6) is 3.19. The number of aliphatic imine (C=N–C) groups is 1. The first-order valence-corrected chi connectivity index (χ1v) is 18.4. The van der Waals surface area contributed by atoms with E-state index in [1.807, 2.05) is 14.0 Å². The highest BCUT2D eigenvalue weighted by Crippen LogP contribution is 2.70. The van der Waals surface area contributed by atoms with Crippen molar-refractivity contribution in [2.75, 3.05) is 7.05 Å². The molecule has 0 aromatic rings. The number of fused-ring (bicyclic) bond motifs is 5. The second-order valence-corrected chi connectivity index (χ2v) is 17.5. The third kappa shape index (κ3) is 6.67. The van der Waals surface area contributed by atoms with E-state index < -0.39 is 5.41 Å². The summed E-state index contributed by atoms with van der Waals surface area (Å²) < 4.78 is 5.83. The van der Waals surface area contributed by atoms with Crippen LogP contribution in [0.25, 0.3) is 0 Å². The molecule has 0 aromatic carbocycles. The van der Waals surface area contributed by atoms with Gasteiger partial charge < -0.3 is 9.53 Å². The Morgan fingerprint density at radius 3 is 2.38 bits per heavy atom. The van der Waals surface area contributed by atoms with Crippen molar-refractivity contribution in [3.05, 3.63) is 11.1 Å². The van der Waals surface area contributed by atoms with Crippen molar-refractivity contribution in [3.63, 3.8) is 0 Å². The number of hydrogen-bond acceptors (Lipinski definition) is 5. The normalized spacial score (nSPS) is 36.7. The largest absolute Gasteiger partial charge is 0.463 e. The number of carbonyl (C=O) groups excluding carboxylic acids is 3. The lowest BCUT2D eigenvalue weighted by atomic mass is 9.40. The number of Topliss-reactive ketones (excluding diaryl/α,β-unsaturated/α-hetero) is 1. The molecule has 0 radical (unpaired) electrons. The molecule has 9 unspecified atom stereocenters. The molecule has 0 bridgehead atoms. The van der Waals surface area contributed by atoms with Crippen LogP contribution in [0, 0.1) is 57.2 Å². The zero-order valence-corrected chi connectivity index (χ0v) is 30.7. The minimum Gasteiger partial charge on any atom is -0.463 e. The van der Waals surface area contributed by atoms with Crippen molar-refractivity contribution in [1.82, 2.24) is 0 Å². The number of allylic oxidation sites excluding steroid dienone is 2. The van der Waals surface area contributed by atoms with Crippen molar-refractivity contribution in [3.8, 4) is 0 Å². The van der Waals surface area contributed by atoms with Crippen LogP contribution in [0.2, 0.25) is 0 Å². The molecule has 0 heterocycles. The molecule has 0 amide bonds. The Hall–Kier alpha value is -1.78. The van der Waals surface area contributed by atoms with Gasteiger partial charge in [0.1, 0.15) is 6.29 Å². The second kappa shape index (κ2) is 13.4. The van der Waals surface area contributed by atoms with Gasteiger partial charge in [0.05, 0.1) is 12.5 Å². The maximum atomic E-state index is 13.8. The standard InChI is InChI=1S/C40H65NO4/c1-12-26(4)31(41-11)21-40-20-17-30-29(36(40)35(25(2)3)32(43)22-40)13-14-33-38(9,27(5)15-18-39(30,33)10)19-16-28(6)45-34(44)23-37(7,8)24-42/h24-30,33H,12-23H2,1-11H3. The van der Waals surface area contributed by atoms with Crippen molar-refractivity contribution in [2.45, 2.75) is 152 Å². The van der Waals surface area contributed by atoms with Crippen LogP contribution >= 0.6 is 0 Å². The monoisotopic (exact) mass is 623 g/mol. The summed E-state index contributed by atoms with van der Waals surface area (Å²) in [7, 11) is 1.96. The van der Waals surface area contributed by atoms with Crippen LogP contribution in [0.15, 0.2) is 16.1 Å². The Labute approximate surface area is 275 Å². The van der Waals surface area contributed by atoms with Gasteiger partial charge in [-0.05, 0) is 123 Å². The molecule has 3 fully saturated rings. The number of carbonyl (C=O) groups is 3. The minimum atomic E-state index is -0.688. The molecular formula is C40H65NO4. The van der Waals surface area contributed by atoms with Crippen LogP contribution in [0.3, 0.4) is 0 Å². The zero-order chi connectivity index (χ0) is 33.5. The fourth-order valence-corrected chi connectivity index (χ4v) is 10.9. The first kappa shape index (κ1) is 36.1. The predicted octanol–water partition coefficient (Wildman–Crippen LogP) is 9.61. The molecule has 4 aliphatic rings. The summed E-state index contributed by atoms with van der Waals surface area (Å²) in [5.41, 5.74) is 3.72. The van der Waals surface area contributed by atoms with Crippen LogP contribution in [0.4, 0.5) is 0 Å². The SMILES string of the molecule is CCC(C)C(CC12CCC3C(CCC4C(C)(CCC(C)OC(=O)CC(C)(C)C=O)C(C)CCC34C)C1=C(C(C)C)C(=O)C2)=NC. The molecule has 0 aliphatic heterocycles. The van der Waals surface area contributed by atoms with E-state index in [1.165, 1.54) is 43.4 Å². The van der Waals surface area contributed by atoms with E-state index in [9.17, 15) is 14.4 Å². The maximum Gasteiger partial charge on any atom is 0.307 e. The fraction of sp³-hybridized carbons (Fsp3) is 0.850. The predicted molar refractivity (Wildman–Crippen MR) is 184 cm³/mol. The smallest absolute Gasteiger partial charge is 0.307 e. The fourth-order valence-electron chi connectivity index (χ4n) is 10.9. The molecule has 45 heavy (non-hydrogen) atoms. The number of rotatable bonds is 12. The number of aldehydes is 1. The Balaban J connectivity index is 1.60. The second-order valence-electron chi connectivity index (χ2n) is 17.5. The number of hydrogen-bond donors (Lipinski definition) is 0. The summed E-state index contributed by atoms with van der Waals surface area (Å²) >= 11 is 0. The first-order valence-electron chi connectivity index (χ1n) is 18.4. The minimum absolute atomic E-state index is 0.0394. The number of esters is 1. The lowest BCUT2D eigenvalue weighted by Crippen LogP contribution is -2.57. The lowest BCUT2D eigenvalue weighted by Gasteiger charge is -2.65. The molecule has 3 saturated carbocycles. The highest BCUT2D eigenvalue weighted by atomic mass is 16.5. The average Bonchev–Trinajstić information content (AvgIpc) is 3.28. The molecule has 4 rings (SSSR count). The van der Waals surface area contributed by atoms with Crippen LogP contribution in [-0.2, 0) is 19.1 Å². The third-order valence-electron chi connectivity index (χ3n) is 13.8. The number of ether oxygens (including phenoxy) is 1. The van der Waals surface area contributed by atoms with Gasteiger partial charge in [0.15, 0.2) is 5.78 Å². The maximum absolute atomic E-state index is 13.8. The lowest BCUT2D eigenvalue weighted by molar-refractivity contribution is -0.155. The van der Waals surface area contributed by atoms with E-state index in [1.54, 1.807) is 19.4 Å². The molecular weight excluding hydrogens is 558 g/mol. The summed E-state index contributed by atoms with van der Waals surface area (Å²) in [5, 5.41) is 0. The molecule has 0 aromatic heterocycles. The molecule has 254 valence electrons. The van der Waals surface area contributed by atoms with Crippen LogP contribution in [0.5, 0.6) is 0 Å². The highest BCUT2D eigenvalue weighted by Gasteiger charge is 2.63. The molecule has 5 nitrogen and oxygen atoms in total. The molecule has 0 N–H and O–H groups in total. The summed E-state index contributed by atoms with van der Waals surface area (Å²) in [4.78, 5) is 42.6. The van der Waals surface area contributed by atoms with Gasteiger partial charge in [0.25, 0.3) is 0 Å². The summed E-state index contributed by atoms with van der Waals surface area (Å²) in [6, 6.07) is 0. The molecule has 4 aliphatic carbocycles. The third-order valence-corrected chi connectivity index (χ3v) is 13.8.